The van der Waals surface area contributed by atoms with Crippen LogP contribution in [0, 0.1) is 12.7 Å². The van der Waals surface area contributed by atoms with Gasteiger partial charge >= 0.3 is 0 Å². The fourth-order valence-corrected chi connectivity index (χ4v) is 3.42. The molecule has 1 aromatic heterocycles. The van der Waals surface area contributed by atoms with E-state index in [1.807, 2.05) is 13.8 Å². The van der Waals surface area contributed by atoms with Crippen LogP contribution in [-0.2, 0) is 17.8 Å². The standard InChI is InChI=1S/C19H21ClFN3O5.C2H6/c1-10-4-5-13(12(21)7-10)22-17-15(18(27)23-29-11(8-25)9-26)14-3-2-6-24(14)19(28)16(17)20;1-2/h4-5,7,11,22,25-26H,2-3,6,8-9H2,1H3,(H,23,27);1-2H3. The number of pyridine rings is 1. The van der Waals surface area contributed by atoms with Gasteiger partial charge in [0.2, 0.25) is 0 Å². The second-order valence-corrected chi connectivity index (χ2v) is 7.09. The number of hydrogen-bond donors (Lipinski definition) is 4. The number of fused-ring (bicyclic) bond motifs is 1. The van der Waals surface area contributed by atoms with Crippen molar-refractivity contribution in [3.8, 4) is 0 Å². The van der Waals surface area contributed by atoms with E-state index in [-0.39, 0.29) is 22.0 Å². The van der Waals surface area contributed by atoms with Gasteiger partial charge in [-0.3, -0.25) is 14.4 Å². The number of rotatable bonds is 7. The average Bonchev–Trinajstić information content (AvgIpc) is 3.25. The highest BCUT2D eigenvalue weighted by molar-refractivity contribution is 6.34. The highest BCUT2D eigenvalue weighted by atomic mass is 35.5. The zero-order valence-corrected chi connectivity index (χ0v) is 18.4. The summed E-state index contributed by atoms with van der Waals surface area (Å²) in [6.07, 6.45) is 0.0779. The number of aryl methyl sites for hydroxylation is 1. The molecular formula is C21H27ClFN3O5. The van der Waals surface area contributed by atoms with E-state index in [0.717, 1.165) is 0 Å². The number of anilines is 2. The summed E-state index contributed by atoms with van der Waals surface area (Å²) >= 11 is 6.26. The molecule has 10 heteroatoms. The molecule has 0 spiro atoms. The van der Waals surface area contributed by atoms with Crippen LogP contribution in [0.4, 0.5) is 15.8 Å². The number of aliphatic hydroxyl groups is 2. The lowest BCUT2D eigenvalue weighted by molar-refractivity contribution is -0.0619. The number of halogens is 2. The van der Waals surface area contributed by atoms with Crippen molar-refractivity contribution in [3.05, 3.63) is 56.2 Å². The molecule has 0 aliphatic carbocycles. The van der Waals surface area contributed by atoms with E-state index in [4.69, 9.17) is 26.7 Å². The highest BCUT2D eigenvalue weighted by Crippen LogP contribution is 2.33. The van der Waals surface area contributed by atoms with Crippen LogP contribution in [0.1, 0.15) is 41.9 Å². The Labute approximate surface area is 184 Å². The first-order valence-electron chi connectivity index (χ1n) is 10.0. The third-order valence-corrected chi connectivity index (χ3v) is 5.00. The molecule has 4 N–H and O–H groups in total. The molecule has 0 bridgehead atoms. The molecule has 0 unspecified atom stereocenters. The van der Waals surface area contributed by atoms with Crippen LogP contribution in [0.15, 0.2) is 23.0 Å². The number of nitrogens with zero attached hydrogens (tertiary/aromatic N) is 1. The van der Waals surface area contributed by atoms with Gasteiger partial charge in [-0.1, -0.05) is 31.5 Å². The fraction of sp³-hybridized carbons (Fsp3) is 0.429. The van der Waals surface area contributed by atoms with Crippen LogP contribution in [0.5, 0.6) is 0 Å². The second-order valence-electron chi connectivity index (χ2n) is 6.72. The number of hydroxylamine groups is 1. The predicted octanol–water partition coefficient (Wildman–Crippen LogP) is 2.68. The first-order valence-corrected chi connectivity index (χ1v) is 10.4. The molecule has 0 radical (unpaired) electrons. The highest BCUT2D eigenvalue weighted by Gasteiger charge is 2.29. The second kappa shape index (κ2) is 11.2. The van der Waals surface area contributed by atoms with Gasteiger partial charge in [0.25, 0.3) is 11.5 Å². The van der Waals surface area contributed by atoms with Crippen LogP contribution in [0.25, 0.3) is 0 Å². The number of nitrogens with one attached hydrogen (secondary N) is 2. The van der Waals surface area contributed by atoms with Crippen molar-refractivity contribution in [2.24, 2.45) is 0 Å². The Bertz CT molecular complexity index is 992. The topological polar surface area (TPSA) is 113 Å². The van der Waals surface area contributed by atoms with Crippen LogP contribution < -0.4 is 16.4 Å². The third kappa shape index (κ3) is 5.43. The summed E-state index contributed by atoms with van der Waals surface area (Å²) in [5.74, 6) is -1.30. The molecule has 0 fully saturated rings. The molecule has 2 aromatic rings. The van der Waals surface area contributed by atoms with Gasteiger partial charge in [0.1, 0.15) is 16.9 Å². The van der Waals surface area contributed by atoms with Crippen molar-refractivity contribution < 1.29 is 24.2 Å². The number of benzene rings is 1. The maximum absolute atomic E-state index is 14.4. The summed E-state index contributed by atoms with van der Waals surface area (Å²) in [7, 11) is 0. The predicted molar refractivity (Wildman–Crippen MR) is 116 cm³/mol. The summed E-state index contributed by atoms with van der Waals surface area (Å²) in [5.41, 5.74) is 2.90. The largest absolute Gasteiger partial charge is 0.393 e. The zero-order valence-electron chi connectivity index (χ0n) is 17.7. The van der Waals surface area contributed by atoms with Crippen LogP contribution in [0.2, 0.25) is 5.02 Å². The minimum absolute atomic E-state index is 0.0294. The molecule has 0 atom stereocenters. The molecule has 170 valence electrons. The van der Waals surface area contributed by atoms with Gasteiger partial charge in [0.15, 0.2) is 0 Å². The van der Waals surface area contributed by atoms with Crippen LogP contribution >= 0.6 is 11.6 Å². The summed E-state index contributed by atoms with van der Waals surface area (Å²) in [5, 5.41) is 20.7. The lowest BCUT2D eigenvalue weighted by Gasteiger charge is -2.19. The molecule has 1 aromatic carbocycles. The third-order valence-electron chi connectivity index (χ3n) is 4.65. The number of amides is 1. The molecular weight excluding hydrogens is 429 g/mol. The fourth-order valence-electron chi connectivity index (χ4n) is 3.18. The zero-order chi connectivity index (χ0) is 23.1. The quantitative estimate of drug-likeness (QED) is 0.477. The summed E-state index contributed by atoms with van der Waals surface area (Å²) < 4.78 is 15.8. The van der Waals surface area contributed by atoms with E-state index in [9.17, 15) is 14.0 Å². The van der Waals surface area contributed by atoms with Crippen molar-refractivity contribution in [1.29, 1.82) is 0 Å². The SMILES string of the molecule is CC.Cc1ccc(Nc2c(C(=O)NOC(CO)CO)c3n(c(=O)c2Cl)CCC3)c(F)c1. The van der Waals surface area contributed by atoms with Crippen molar-refractivity contribution >= 4 is 28.9 Å². The lowest BCUT2D eigenvalue weighted by Crippen LogP contribution is -2.35. The van der Waals surface area contributed by atoms with E-state index < -0.39 is 36.6 Å². The minimum Gasteiger partial charge on any atom is -0.393 e. The number of aromatic nitrogens is 1. The monoisotopic (exact) mass is 455 g/mol. The molecule has 0 saturated carbocycles. The van der Waals surface area contributed by atoms with E-state index in [0.29, 0.717) is 30.6 Å². The Kier molecular flexibility index (Phi) is 9.00. The molecule has 1 aliphatic rings. The molecule has 2 heterocycles. The van der Waals surface area contributed by atoms with Gasteiger partial charge < -0.3 is 20.1 Å². The Balaban J connectivity index is 0.00000166. The van der Waals surface area contributed by atoms with Gasteiger partial charge in [-0.05, 0) is 37.5 Å². The van der Waals surface area contributed by atoms with Gasteiger partial charge in [-0.2, -0.15) is 0 Å². The maximum Gasteiger partial charge on any atom is 0.278 e. The van der Waals surface area contributed by atoms with E-state index in [2.05, 4.69) is 10.8 Å². The van der Waals surface area contributed by atoms with Gasteiger partial charge in [-0.15, -0.1) is 0 Å². The number of carbonyl (C=O) groups excluding carboxylic acids is 1. The smallest absolute Gasteiger partial charge is 0.278 e. The number of carbonyl (C=O) groups is 1. The van der Waals surface area contributed by atoms with Crippen molar-refractivity contribution in [2.45, 2.75) is 46.3 Å². The molecule has 8 nitrogen and oxygen atoms in total. The van der Waals surface area contributed by atoms with Crippen LogP contribution in [-0.4, -0.2) is 40.0 Å². The first kappa shape index (κ1) is 24.8. The molecule has 1 amide bonds. The summed E-state index contributed by atoms with van der Waals surface area (Å²) in [6.45, 7) is 5.12. The number of hydrogen-bond acceptors (Lipinski definition) is 6. The molecule has 31 heavy (non-hydrogen) atoms. The Hall–Kier alpha value is -2.46. The first-order chi connectivity index (χ1) is 14.9. The summed E-state index contributed by atoms with van der Waals surface area (Å²) in [4.78, 5) is 30.5. The minimum atomic E-state index is -1.01. The molecule has 3 rings (SSSR count). The normalized spacial score (nSPS) is 12.3. The lowest BCUT2D eigenvalue weighted by atomic mass is 10.1. The van der Waals surface area contributed by atoms with Gasteiger partial charge in [-0.25, -0.2) is 9.87 Å². The van der Waals surface area contributed by atoms with Crippen molar-refractivity contribution in [3.63, 3.8) is 0 Å². The average molecular weight is 456 g/mol. The summed E-state index contributed by atoms with van der Waals surface area (Å²) in [6, 6.07) is 4.47. The van der Waals surface area contributed by atoms with Crippen molar-refractivity contribution in [1.82, 2.24) is 10.0 Å². The Morgan fingerprint density at radius 2 is 2.00 bits per heavy atom. The number of aliphatic hydroxyl groups excluding tert-OH is 2. The Morgan fingerprint density at radius 3 is 2.61 bits per heavy atom. The van der Waals surface area contributed by atoms with Gasteiger partial charge in [0.05, 0.1) is 30.2 Å². The Morgan fingerprint density at radius 1 is 1.32 bits per heavy atom. The maximum atomic E-state index is 14.4. The molecule has 0 saturated heterocycles. The van der Waals surface area contributed by atoms with E-state index in [1.54, 1.807) is 13.0 Å². The molecule has 1 aliphatic heterocycles. The van der Waals surface area contributed by atoms with Crippen molar-refractivity contribution in [2.75, 3.05) is 18.5 Å². The van der Waals surface area contributed by atoms with E-state index in [1.165, 1.54) is 16.7 Å². The van der Waals surface area contributed by atoms with Gasteiger partial charge in [0, 0.05) is 12.2 Å². The van der Waals surface area contributed by atoms with E-state index >= 15 is 0 Å². The van der Waals surface area contributed by atoms with Crippen LogP contribution in [0.3, 0.4) is 0 Å².